The summed E-state index contributed by atoms with van der Waals surface area (Å²) in [6.45, 7) is 6.75. The number of hydrogen-bond donors (Lipinski definition) is 2. The quantitative estimate of drug-likeness (QED) is 0.817. The minimum atomic E-state index is 0.0715. The van der Waals surface area contributed by atoms with Gasteiger partial charge in [0.1, 0.15) is 5.75 Å². The number of hydrogen-bond acceptors (Lipinski definition) is 6. The Morgan fingerprint density at radius 2 is 1.86 bits per heavy atom. The third kappa shape index (κ3) is 4.46. The van der Waals surface area contributed by atoms with Crippen molar-refractivity contribution in [3.63, 3.8) is 0 Å². The monoisotopic (exact) mass is 290 g/mol. The van der Waals surface area contributed by atoms with E-state index in [1.165, 1.54) is 0 Å². The Bertz CT molecular complexity index is 551. The molecule has 0 aliphatic carbocycles. The summed E-state index contributed by atoms with van der Waals surface area (Å²) in [5.74, 6) is 1.42. The second-order valence-electron chi connectivity index (χ2n) is 5.18. The summed E-state index contributed by atoms with van der Waals surface area (Å²) in [5.41, 5.74) is 1.12. The van der Waals surface area contributed by atoms with E-state index in [2.05, 4.69) is 34.7 Å². The third-order valence-electron chi connectivity index (χ3n) is 3.08. The number of nitrogens with one attached hydrogen (secondary N) is 2. The summed E-state index contributed by atoms with van der Waals surface area (Å²) in [6, 6.07) is 8.76. The van der Waals surface area contributed by atoms with E-state index in [1.54, 1.807) is 7.11 Å². The molecular weight excluding hydrogens is 268 g/mol. The summed E-state index contributed by atoms with van der Waals surface area (Å²) >= 11 is 0. The van der Waals surface area contributed by atoms with Gasteiger partial charge in [-0.2, -0.15) is 0 Å². The van der Waals surface area contributed by atoms with Crippen LogP contribution in [0.4, 0.5) is 6.01 Å². The predicted octanol–water partition coefficient (Wildman–Crippen LogP) is 2.75. The zero-order chi connectivity index (χ0) is 15.2. The summed E-state index contributed by atoms with van der Waals surface area (Å²) in [5, 5.41) is 14.4. The molecule has 0 radical (unpaired) electrons. The average Bonchev–Trinajstić information content (AvgIpc) is 2.92. The fourth-order valence-electron chi connectivity index (χ4n) is 1.84. The van der Waals surface area contributed by atoms with E-state index < -0.39 is 0 Å². The molecule has 0 saturated carbocycles. The maximum Gasteiger partial charge on any atom is 0.315 e. The first-order valence-corrected chi connectivity index (χ1v) is 7.04. The predicted molar refractivity (Wildman–Crippen MR) is 81.3 cm³/mol. The van der Waals surface area contributed by atoms with Crippen molar-refractivity contribution in [2.24, 2.45) is 0 Å². The number of methoxy groups -OCH3 is 1. The van der Waals surface area contributed by atoms with Crippen LogP contribution in [0.1, 0.15) is 38.3 Å². The first kappa shape index (κ1) is 15.3. The highest BCUT2D eigenvalue weighted by atomic mass is 16.5. The van der Waals surface area contributed by atoms with E-state index in [0.717, 1.165) is 11.3 Å². The Morgan fingerprint density at radius 1 is 1.14 bits per heavy atom. The molecule has 6 heteroatoms. The molecule has 114 valence electrons. The normalized spacial score (nSPS) is 12.4. The molecule has 0 aliphatic heterocycles. The van der Waals surface area contributed by atoms with E-state index in [0.29, 0.717) is 24.5 Å². The van der Waals surface area contributed by atoms with Gasteiger partial charge >= 0.3 is 6.01 Å². The molecule has 0 bridgehead atoms. The summed E-state index contributed by atoms with van der Waals surface area (Å²) in [6.07, 6.45) is 0. The SMILES string of the molecule is COc1ccc(C(C)Nc2nnc(CNC(C)C)o2)cc1. The molecule has 0 spiro atoms. The Hall–Kier alpha value is -2.08. The topological polar surface area (TPSA) is 72.2 Å². The van der Waals surface area contributed by atoms with Crippen molar-refractivity contribution >= 4 is 6.01 Å². The lowest BCUT2D eigenvalue weighted by molar-refractivity contribution is 0.414. The van der Waals surface area contributed by atoms with Crippen molar-refractivity contribution < 1.29 is 9.15 Å². The van der Waals surface area contributed by atoms with Crippen LogP contribution in [0, 0.1) is 0 Å². The standard InChI is InChI=1S/C15H22N4O2/c1-10(2)16-9-14-18-19-15(21-14)17-11(3)12-5-7-13(20-4)8-6-12/h5-8,10-11,16H,9H2,1-4H3,(H,17,19). The number of aromatic nitrogens is 2. The lowest BCUT2D eigenvalue weighted by Crippen LogP contribution is -2.21. The molecule has 0 amide bonds. The van der Waals surface area contributed by atoms with Crippen molar-refractivity contribution in [2.45, 2.75) is 39.4 Å². The Balaban J connectivity index is 1.93. The van der Waals surface area contributed by atoms with Gasteiger partial charge in [-0.15, -0.1) is 5.10 Å². The van der Waals surface area contributed by atoms with E-state index in [-0.39, 0.29) is 6.04 Å². The van der Waals surface area contributed by atoms with Gasteiger partial charge in [0.25, 0.3) is 0 Å². The second kappa shape index (κ2) is 7.08. The van der Waals surface area contributed by atoms with Crippen LogP contribution in [0.2, 0.25) is 0 Å². The smallest absolute Gasteiger partial charge is 0.315 e. The van der Waals surface area contributed by atoms with E-state index in [4.69, 9.17) is 9.15 Å². The van der Waals surface area contributed by atoms with Gasteiger partial charge in [0.05, 0.1) is 19.7 Å². The van der Waals surface area contributed by atoms with Gasteiger partial charge in [-0.05, 0) is 24.6 Å². The van der Waals surface area contributed by atoms with E-state index in [9.17, 15) is 0 Å². The van der Waals surface area contributed by atoms with Crippen LogP contribution in [0.15, 0.2) is 28.7 Å². The van der Waals surface area contributed by atoms with E-state index in [1.807, 2.05) is 31.2 Å². The van der Waals surface area contributed by atoms with E-state index >= 15 is 0 Å². The molecule has 6 nitrogen and oxygen atoms in total. The van der Waals surface area contributed by atoms with Crippen molar-refractivity contribution in [3.8, 4) is 5.75 Å². The van der Waals surface area contributed by atoms with Gasteiger partial charge < -0.3 is 19.8 Å². The number of benzene rings is 1. The van der Waals surface area contributed by atoms with Gasteiger partial charge in [0, 0.05) is 6.04 Å². The Morgan fingerprint density at radius 3 is 2.48 bits per heavy atom. The molecule has 2 aromatic rings. The van der Waals surface area contributed by atoms with Crippen molar-refractivity contribution in [1.82, 2.24) is 15.5 Å². The molecule has 21 heavy (non-hydrogen) atoms. The Kier molecular flexibility index (Phi) is 5.16. The van der Waals surface area contributed by atoms with Gasteiger partial charge in [0.15, 0.2) is 0 Å². The van der Waals surface area contributed by atoms with Gasteiger partial charge in [-0.3, -0.25) is 0 Å². The van der Waals surface area contributed by atoms with Crippen LogP contribution in [0.3, 0.4) is 0 Å². The van der Waals surface area contributed by atoms with Crippen LogP contribution in [0.25, 0.3) is 0 Å². The molecule has 2 rings (SSSR count). The third-order valence-corrected chi connectivity index (χ3v) is 3.08. The molecule has 0 saturated heterocycles. The first-order valence-electron chi connectivity index (χ1n) is 7.04. The lowest BCUT2D eigenvalue weighted by atomic mass is 10.1. The summed E-state index contributed by atoms with van der Waals surface area (Å²) in [4.78, 5) is 0. The fourth-order valence-corrected chi connectivity index (χ4v) is 1.84. The highest BCUT2D eigenvalue weighted by Gasteiger charge is 2.11. The largest absolute Gasteiger partial charge is 0.497 e. The van der Waals surface area contributed by atoms with Crippen molar-refractivity contribution in [1.29, 1.82) is 0 Å². The lowest BCUT2D eigenvalue weighted by Gasteiger charge is -2.12. The highest BCUT2D eigenvalue weighted by Crippen LogP contribution is 2.20. The highest BCUT2D eigenvalue weighted by molar-refractivity contribution is 5.33. The number of anilines is 1. The maximum atomic E-state index is 5.55. The number of rotatable bonds is 7. The van der Waals surface area contributed by atoms with Crippen molar-refractivity contribution in [3.05, 3.63) is 35.7 Å². The van der Waals surface area contributed by atoms with Crippen LogP contribution in [0.5, 0.6) is 5.75 Å². The molecule has 0 fully saturated rings. The molecule has 0 aliphatic rings. The summed E-state index contributed by atoms with van der Waals surface area (Å²) < 4.78 is 10.7. The molecule has 2 N–H and O–H groups in total. The second-order valence-corrected chi connectivity index (χ2v) is 5.18. The van der Waals surface area contributed by atoms with Gasteiger partial charge in [-0.25, -0.2) is 0 Å². The van der Waals surface area contributed by atoms with Crippen molar-refractivity contribution in [2.75, 3.05) is 12.4 Å². The number of nitrogens with zero attached hydrogens (tertiary/aromatic N) is 2. The van der Waals surface area contributed by atoms with Gasteiger partial charge in [-0.1, -0.05) is 31.1 Å². The minimum absolute atomic E-state index is 0.0715. The zero-order valence-corrected chi connectivity index (χ0v) is 12.9. The number of ether oxygens (including phenoxy) is 1. The average molecular weight is 290 g/mol. The Labute approximate surface area is 124 Å². The van der Waals surface area contributed by atoms with Crippen LogP contribution in [-0.2, 0) is 6.54 Å². The first-order chi connectivity index (χ1) is 10.1. The maximum absolute atomic E-state index is 5.55. The molecule has 1 unspecified atom stereocenters. The molecule has 1 aromatic carbocycles. The fraction of sp³-hybridized carbons (Fsp3) is 0.467. The van der Waals surface area contributed by atoms with Crippen LogP contribution >= 0.6 is 0 Å². The minimum Gasteiger partial charge on any atom is -0.497 e. The molecular formula is C15H22N4O2. The van der Waals surface area contributed by atoms with Gasteiger partial charge in [0.2, 0.25) is 5.89 Å². The molecule has 1 atom stereocenters. The summed E-state index contributed by atoms with van der Waals surface area (Å²) in [7, 11) is 1.65. The van der Waals surface area contributed by atoms with Crippen LogP contribution < -0.4 is 15.4 Å². The molecule has 1 aromatic heterocycles. The zero-order valence-electron chi connectivity index (χ0n) is 12.9. The molecule has 1 heterocycles. The van der Waals surface area contributed by atoms with Crippen LogP contribution in [-0.4, -0.2) is 23.3 Å².